The third kappa shape index (κ3) is 1.58. The van der Waals surface area contributed by atoms with Crippen LogP contribution < -0.4 is 0 Å². The van der Waals surface area contributed by atoms with E-state index in [1.807, 2.05) is 48.5 Å². The van der Waals surface area contributed by atoms with E-state index in [2.05, 4.69) is 6.07 Å². The zero-order chi connectivity index (χ0) is 11.8. The Kier molecular flexibility index (Phi) is 2.32. The van der Waals surface area contributed by atoms with Crippen LogP contribution in [0.25, 0.3) is 21.5 Å². The highest BCUT2D eigenvalue weighted by atomic mass is 16.5. The Morgan fingerprint density at radius 3 is 1.65 bits per heavy atom. The molecule has 0 fully saturated rings. The number of aliphatic hydroxyl groups excluding tert-OH is 1. The second-order valence-corrected chi connectivity index (χ2v) is 4.11. The first-order chi connectivity index (χ1) is 8.27. The summed E-state index contributed by atoms with van der Waals surface area (Å²) in [5.74, 6) is 0. The lowest BCUT2D eigenvalue weighted by Crippen LogP contribution is -1.97. The minimum Gasteiger partial charge on any atom is -0.364 e. The summed E-state index contributed by atoms with van der Waals surface area (Å²) < 4.78 is 0. The summed E-state index contributed by atoms with van der Waals surface area (Å²) in [6.45, 7) is 0. The summed E-state index contributed by atoms with van der Waals surface area (Å²) in [7, 11) is 0. The first-order valence-electron chi connectivity index (χ1n) is 5.54. The highest BCUT2D eigenvalue weighted by molar-refractivity contribution is 6.02. The molecule has 3 aromatic carbocycles. The molecule has 0 aromatic heterocycles. The van der Waals surface area contributed by atoms with Gasteiger partial charge in [0.25, 0.3) is 0 Å². The zero-order valence-corrected chi connectivity index (χ0v) is 9.17. The molecule has 17 heavy (non-hydrogen) atoms. The van der Waals surface area contributed by atoms with E-state index in [4.69, 9.17) is 0 Å². The number of hydrogen-bond donors (Lipinski definition) is 2. The van der Waals surface area contributed by atoms with Crippen molar-refractivity contribution in [3.05, 3.63) is 60.2 Å². The van der Waals surface area contributed by atoms with Crippen LogP contribution in [0.2, 0.25) is 0 Å². The molecule has 0 unspecified atom stereocenters. The standard InChI is InChI=1S/C15H12O2/c16-15(17)14-12-7-3-1-5-10(12)9-11-6-2-4-8-13(11)14/h1-9,15-17H. The second kappa shape index (κ2) is 3.84. The summed E-state index contributed by atoms with van der Waals surface area (Å²) in [5, 5.41) is 23.0. The number of benzene rings is 3. The average molecular weight is 224 g/mol. The fourth-order valence-corrected chi connectivity index (χ4v) is 2.33. The summed E-state index contributed by atoms with van der Waals surface area (Å²) in [6.07, 6.45) is -1.45. The molecule has 84 valence electrons. The van der Waals surface area contributed by atoms with Crippen molar-refractivity contribution in [3.8, 4) is 0 Å². The number of fused-ring (bicyclic) bond motifs is 2. The van der Waals surface area contributed by atoms with Crippen LogP contribution in [-0.2, 0) is 0 Å². The van der Waals surface area contributed by atoms with Crippen LogP contribution in [0.1, 0.15) is 11.9 Å². The van der Waals surface area contributed by atoms with Gasteiger partial charge in [-0.25, -0.2) is 0 Å². The quantitative estimate of drug-likeness (QED) is 0.493. The lowest BCUT2D eigenvalue weighted by atomic mass is 9.96. The molecule has 0 amide bonds. The fourth-order valence-electron chi connectivity index (χ4n) is 2.33. The molecule has 3 rings (SSSR count). The van der Waals surface area contributed by atoms with Gasteiger partial charge >= 0.3 is 0 Å². The molecule has 0 saturated carbocycles. The van der Waals surface area contributed by atoms with Gasteiger partial charge in [-0.2, -0.15) is 0 Å². The van der Waals surface area contributed by atoms with E-state index in [1.54, 1.807) is 0 Å². The van der Waals surface area contributed by atoms with Gasteiger partial charge in [0.15, 0.2) is 6.29 Å². The Morgan fingerprint density at radius 1 is 0.706 bits per heavy atom. The molecule has 0 aliphatic heterocycles. The minimum atomic E-state index is -1.45. The van der Waals surface area contributed by atoms with Gasteiger partial charge in [-0.1, -0.05) is 48.5 Å². The van der Waals surface area contributed by atoms with Crippen LogP contribution in [0.5, 0.6) is 0 Å². The Bertz CT molecular complexity index is 633. The van der Waals surface area contributed by atoms with Crippen LogP contribution in [-0.4, -0.2) is 10.2 Å². The van der Waals surface area contributed by atoms with E-state index >= 15 is 0 Å². The molecule has 0 spiro atoms. The van der Waals surface area contributed by atoms with E-state index in [9.17, 15) is 10.2 Å². The largest absolute Gasteiger partial charge is 0.364 e. The van der Waals surface area contributed by atoms with Crippen LogP contribution in [0.3, 0.4) is 0 Å². The van der Waals surface area contributed by atoms with Gasteiger partial charge in [-0.3, -0.25) is 0 Å². The Hall–Kier alpha value is -1.90. The van der Waals surface area contributed by atoms with Crippen LogP contribution in [0.15, 0.2) is 54.6 Å². The fraction of sp³-hybridized carbons (Fsp3) is 0.0667. The second-order valence-electron chi connectivity index (χ2n) is 4.11. The molecule has 3 aromatic rings. The minimum absolute atomic E-state index is 0.582. The van der Waals surface area contributed by atoms with Crippen LogP contribution >= 0.6 is 0 Å². The summed E-state index contributed by atoms with van der Waals surface area (Å²) in [4.78, 5) is 0. The van der Waals surface area contributed by atoms with Crippen molar-refractivity contribution in [2.24, 2.45) is 0 Å². The third-order valence-corrected chi connectivity index (χ3v) is 3.07. The maximum atomic E-state index is 9.58. The van der Waals surface area contributed by atoms with Gasteiger partial charge in [-0.05, 0) is 27.6 Å². The van der Waals surface area contributed by atoms with Gasteiger partial charge < -0.3 is 10.2 Å². The number of rotatable bonds is 1. The zero-order valence-electron chi connectivity index (χ0n) is 9.17. The molecule has 2 nitrogen and oxygen atoms in total. The summed E-state index contributed by atoms with van der Waals surface area (Å²) >= 11 is 0. The first kappa shape index (κ1) is 10.3. The van der Waals surface area contributed by atoms with E-state index < -0.39 is 6.29 Å². The van der Waals surface area contributed by atoms with Crippen molar-refractivity contribution in [2.75, 3.05) is 0 Å². The normalized spacial score (nSPS) is 11.5. The van der Waals surface area contributed by atoms with Crippen molar-refractivity contribution < 1.29 is 10.2 Å². The van der Waals surface area contributed by atoms with Crippen molar-refractivity contribution in [1.82, 2.24) is 0 Å². The van der Waals surface area contributed by atoms with E-state index in [-0.39, 0.29) is 0 Å². The Morgan fingerprint density at radius 2 is 1.18 bits per heavy atom. The van der Waals surface area contributed by atoms with E-state index in [0.717, 1.165) is 21.5 Å². The van der Waals surface area contributed by atoms with Gasteiger partial charge in [0.1, 0.15) is 0 Å². The van der Waals surface area contributed by atoms with Crippen LogP contribution in [0, 0.1) is 0 Å². The first-order valence-corrected chi connectivity index (χ1v) is 5.54. The van der Waals surface area contributed by atoms with Crippen molar-refractivity contribution in [2.45, 2.75) is 6.29 Å². The SMILES string of the molecule is OC(O)c1c2ccccc2cc2ccccc12. The van der Waals surface area contributed by atoms with Gasteiger partial charge in [0.05, 0.1) is 0 Å². The lowest BCUT2D eigenvalue weighted by Gasteiger charge is -2.12. The van der Waals surface area contributed by atoms with Gasteiger partial charge in [0.2, 0.25) is 0 Å². The maximum Gasteiger partial charge on any atom is 0.179 e. The van der Waals surface area contributed by atoms with E-state index in [1.165, 1.54) is 0 Å². The van der Waals surface area contributed by atoms with Crippen LogP contribution in [0.4, 0.5) is 0 Å². The molecule has 2 N–H and O–H groups in total. The van der Waals surface area contributed by atoms with Crippen molar-refractivity contribution in [1.29, 1.82) is 0 Å². The number of aliphatic hydroxyl groups is 2. The molecule has 0 radical (unpaired) electrons. The molecular formula is C15H12O2. The van der Waals surface area contributed by atoms with Crippen molar-refractivity contribution in [3.63, 3.8) is 0 Å². The molecule has 0 saturated heterocycles. The van der Waals surface area contributed by atoms with E-state index in [0.29, 0.717) is 5.56 Å². The third-order valence-electron chi connectivity index (χ3n) is 3.07. The highest BCUT2D eigenvalue weighted by Gasteiger charge is 2.12. The number of hydrogen-bond acceptors (Lipinski definition) is 2. The molecule has 0 heterocycles. The smallest absolute Gasteiger partial charge is 0.179 e. The monoisotopic (exact) mass is 224 g/mol. The Balaban J connectivity index is 2.56. The van der Waals surface area contributed by atoms with Gasteiger partial charge in [0, 0.05) is 5.56 Å². The molecule has 2 heteroatoms. The van der Waals surface area contributed by atoms with Crippen molar-refractivity contribution >= 4 is 21.5 Å². The Labute approximate surface area is 98.7 Å². The molecule has 0 atom stereocenters. The molecule has 0 aliphatic carbocycles. The predicted molar refractivity (Wildman–Crippen MR) is 68.6 cm³/mol. The molecule has 0 aliphatic rings. The topological polar surface area (TPSA) is 40.5 Å². The maximum absolute atomic E-state index is 9.58. The predicted octanol–water partition coefficient (Wildman–Crippen LogP) is 2.98. The molecule has 0 bridgehead atoms. The summed E-state index contributed by atoms with van der Waals surface area (Å²) in [5.41, 5.74) is 0.582. The summed E-state index contributed by atoms with van der Waals surface area (Å²) in [6, 6.07) is 17.6. The average Bonchev–Trinajstić information content (AvgIpc) is 2.35. The van der Waals surface area contributed by atoms with Gasteiger partial charge in [-0.15, -0.1) is 0 Å². The lowest BCUT2D eigenvalue weighted by molar-refractivity contribution is -0.0401. The highest BCUT2D eigenvalue weighted by Crippen LogP contribution is 2.31. The molecular weight excluding hydrogens is 212 g/mol.